The van der Waals surface area contributed by atoms with E-state index in [0.29, 0.717) is 0 Å². The van der Waals surface area contributed by atoms with Crippen LogP contribution in [0.1, 0.15) is 6.42 Å². The molecule has 0 aromatic carbocycles. The van der Waals surface area contributed by atoms with Gasteiger partial charge in [-0.15, -0.1) is 0 Å². The summed E-state index contributed by atoms with van der Waals surface area (Å²) in [5.74, 6) is -1.60. The monoisotopic (exact) mass is 212 g/mol. The van der Waals surface area contributed by atoms with E-state index in [0.717, 1.165) is 0 Å². The van der Waals surface area contributed by atoms with Crippen molar-refractivity contribution in [3.8, 4) is 0 Å². The molecule has 1 unspecified atom stereocenters. The zero-order valence-corrected chi connectivity index (χ0v) is 7.96. The fourth-order valence-electron chi connectivity index (χ4n) is 1.14. The smallest absolute Gasteiger partial charge is 0.326 e. The Labute approximate surface area is 86.1 Å². The normalized spacial score (nSPS) is 20.2. The van der Waals surface area contributed by atoms with Crippen LogP contribution in [0.5, 0.6) is 0 Å². The van der Waals surface area contributed by atoms with Gasteiger partial charge in [0.1, 0.15) is 12.4 Å². The van der Waals surface area contributed by atoms with Crippen LogP contribution in [-0.2, 0) is 9.59 Å². The zero-order chi connectivity index (χ0) is 11.3. The molecule has 7 nitrogen and oxygen atoms in total. The lowest BCUT2D eigenvalue weighted by atomic mass is 10.1. The third kappa shape index (κ3) is 3.47. The van der Waals surface area contributed by atoms with Crippen LogP contribution in [0.3, 0.4) is 0 Å². The number of hydrogen-bond acceptors (Lipinski definition) is 5. The first-order valence-corrected chi connectivity index (χ1v) is 4.40. The molecular weight excluding hydrogens is 200 g/mol. The predicted octanol–water partition coefficient (Wildman–Crippen LogP) is -1.61. The van der Waals surface area contributed by atoms with Gasteiger partial charge in [-0.3, -0.25) is 9.79 Å². The molecule has 2 atom stereocenters. The van der Waals surface area contributed by atoms with Gasteiger partial charge < -0.3 is 16.2 Å². The number of carboxylic acid groups (broad SMARTS) is 1. The summed E-state index contributed by atoms with van der Waals surface area (Å²) in [4.78, 5) is 29.3. The first-order valence-electron chi connectivity index (χ1n) is 4.40. The van der Waals surface area contributed by atoms with Crippen LogP contribution in [-0.4, -0.2) is 48.2 Å². The number of carbonyl (C=O) groups excluding carboxylic acids is 1. The van der Waals surface area contributed by atoms with E-state index in [4.69, 9.17) is 10.8 Å². The van der Waals surface area contributed by atoms with E-state index in [-0.39, 0.29) is 19.0 Å². The van der Waals surface area contributed by atoms with Gasteiger partial charge in [0.05, 0.1) is 12.6 Å². The fourth-order valence-corrected chi connectivity index (χ4v) is 1.14. The Morgan fingerprint density at radius 1 is 1.60 bits per heavy atom. The molecule has 0 aromatic rings. The van der Waals surface area contributed by atoms with Crippen LogP contribution in [0, 0.1) is 0 Å². The lowest BCUT2D eigenvalue weighted by Gasteiger charge is -2.14. The van der Waals surface area contributed by atoms with Crippen LogP contribution < -0.4 is 11.1 Å². The van der Waals surface area contributed by atoms with Gasteiger partial charge in [-0.25, -0.2) is 9.79 Å². The van der Waals surface area contributed by atoms with Gasteiger partial charge in [-0.05, 0) is 0 Å². The minimum absolute atomic E-state index is 0.182. The van der Waals surface area contributed by atoms with E-state index < -0.39 is 17.9 Å². The van der Waals surface area contributed by atoms with Crippen molar-refractivity contribution in [2.45, 2.75) is 18.5 Å². The highest BCUT2D eigenvalue weighted by Gasteiger charge is 2.23. The first-order chi connectivity index (χ1) is 7.13. The Hall–Kier alpha value is -1.76. The molecule has 0 spiro atoms. The molecule has 7 heteroatoms. The summed E-state index contributed by atoms with van der Waals surface area (Å²) < 4.78 is 0. The van der Waals surface area contributed by atoms with Crippen molar-refractivity contribution in [1.29, 1.82) is 0 Å². The Bertz CT molecular complexity index is 301. The molecule has 1 aliphatic rings. The number of aliphatic carboxylic acids is 1. The number of aliphatic imine (C=N–C) groups is 2. The van der Waals surface area contributed by atoms with Crippen molar-refractivity contribution in [3.05, 3.63) is 0 Å². The molecule has 0 saturated carbocycles. The number of carbonyl (C=O) groups is 2. The third-order valence-corrected chi connectivity index (χ3v) is 1.88. The highest BCUT2D eigenvalue weighted by Crippen LogP contribution is 2.04. The average molecular weight is 212 g/mol. The van der Waals surface area contributed by atoms with Crippen molar-refractivity contribution < 1.29 is 14.7 Å². The van der Waals surface area contributed by atoms with Crippen LogP contribution in [0.4, 0.5) is 0 Å². The SMILES string of the molecule is NCC(=O)N[C@@H](CC1C=NC=N1)C(=O)O. The molecule has 0 saturated heterocycles. The molecule has 0 fully saturated rings. The summed E-state index contributed by atoms with van der Waals surface area (Å²) >= 11 is 0. The standard InChI is InChI=1S/C8H12N4O3/c9-2-7(13)12-6(8(14)15)1-5-3-10-4-11-5/h3-6H,1-2,9H2,(H,12,13)(H,14,15)/t5?,6-/m0/s1. The van der Waals surface area contributed by atoms with Crippen molar-refractivity contribution >= 4 is 24.4 Å². The van der Waals surface area contributed by atoms with Gasteiger partial charge in [0.2, 0.25) is 5.91 Å². The highest BCUT2D eigenvalue weighted by molar-refractivity contribution is 5.86. The van der Waals surface area contributed by atoms with Crippen LogP contribution in [0.2, 0.25) is 0 Å². The Morgan fingerprint density at radius 3 is 2.80 bits per heavy atom. The summed E-state index contributed by atoms with van der Waals surface area (Å²) in [7, 11) is 0. The number of rotatable bonds is 5. The average Bonchev–Trinajstić information content (AvgIpc) is 2.69. The van der Waals surface area contributed by atoms with Crippen LogP contribution in [0.15, 0.2) is 9.98 Å². The van der Waals surface area contributed by atoms with E-state index in [1.807, 2.05) is 0 Å². The predicted molar refractivity (Wildman–Crippen MR) is 54.0 cm³/mol. The van der Waals surface area contributed by atoms with E-state index in [1.165, 1.54) is 12.6 Å². The topological polar surface area (TPSA) is 117 Å². The largest absolute Gasteiger partial charge is 0.480 e. The summed E-state index contributed by atoms with van der Waals surface area (Å²) in [5, 5.41) is 11.1. The molecule has 1 rings (SSSR count). The second kappa shape index (κ2) is 5.20. The minimum Gasteiger partial charge on any atom is -0.480 e. The molecule has 0 radical (unpaired) electrons. The quantitative estimate of drug-likeness (QED) is 0.508. The molecule has 1 heterocycles. The Balaban J connectivity index is 2.50. The number of carboxylic acids is 1. The molecule has 1 aliphatic heterocycles. The van der Waals surface area contributed by atoms with Crippen molar-refractivity contribution in [2.24, 2.45) is 15.7 Å². The Kier molecular flexibility index (Phi) is 3.92. The lowest BCUT2D eigenvalue weighted by molar-refractivity contribution is -0.141. The molecule has 82 valence electrons. The van der Waals surface area contributed by atoms with Gasteiger partial charge in [-0.1, -0.05) is 0 Å². The number of nitrogens with zero attached hydrogens (tertiary/aromatic N) is 2. The van der Waals surface area contributed by atoms with Crippen molar-refractivity contribution in [1.82, 2.24) is 5.32 Å². The van der Waals surface area contributed by atoms with E-state index in [2.05, 4.69) is 15.3 Å². The molecule has 0 aliphatic carbocycles. The maximum Gasteiger partial charge on any atom is 0.326 e. The molecule has 1 amide bonds. The number of hydrogen-bond donors (Lipinski definition) is 3. The second-order valence-corrected chi connectivity index (χ2v) is 3.03. The molecule has 15 heavy (non-hydrogen) atoms. The number of nitrogens with two attached hydrogens (primary N) is 1. The molecule has 0 bridgehead atoms. The van der Waals surface area contributed by atoms with Gasteiger partial charge in [0.25, 0.3) is 0 Å². The lowest BCUT2D eigenvalue weighted by Crippen LogP contribution is -2.45. The Morgan fingerprint density at radius 2 is 2.33 bits per heavy atom. The van der Waals surface area contributed by atoms with Gasteiger partial charge in [0, 0.05) is 12.6 Å². The van der Waals surface area contributed by atoms with E-state index in [9.17, 15) is 9.59 Å². The van der Waals surface area contributed by atoms with Gasteiger partial charge in [0.15, 0.2) is 0 Å². The zero-order valence-electron chi connectivity index (χ0n) is 7.96. The summed E-state index contributed by atoms with van der Waals surface area (Å²) in [6.45, 7) is -0.230. The van der Waals surface area contributed by atoms with Gasteiger partial charge >= 0.3 is 5.97 Å². The van der Waals surface area contributed by atoms with Gasteiger partial charge in [-0.2, -0.15) is 0 Å². The summed E-state index contributed by atoms with van der Waals surface area (Å²) in [6.07, 6.45) is 3.07. The van der Waals surface area contributed by atoms with E-state index in [1.54, 1.807) is 0 Å². The maximum atomic E-state index is 10.9. The first kappa shape index (κ1) is 11.3. The molecule has 4 N–H and O–H groups in total. The van der Waals surface area contributed by atoms with Crippen molar-refractivity contribution in [3.63, 3.8) is 0 Å². The van der Waals surface area contributed by atoms with Crippen LogP contribution >= 0.6 is 0 Å². The van der Waals surface area contributed by atoms with E-state index >= 15 is 0 Å². The van der Waals surface area contributed by atoms with Crippen molar-refractivity contribution in [2.75, 3.05) is 6.54 Å². The van der Waals surface area contributed by atoms with Crippen LogP contribution in [0.25, 0.3) is 0 Å². The summed E-state index contributed by atoms with van der Waals surface area (Å²) in [6, 6.07) is -1.27. The molecular formula is C8H12N4O3. The summed E-state index contributed by atoms with van der Waals surface area (Å²) in [5.41, 5.74) is 5.07. The molecule has 0 aromatic heterocycles. The third-order valence-electron chi connectivity index (χ3n) is 1.88. The number of amides is 1. The minimum atomic E-state index is -1.10. The maximum absolute atomic E-state index is 10.9. The number of nitrogens with one attached hydrogen (secondary N) is 1. The fraction of sp³-hybridized carbons (Fsp3) is 0.500. The second-order valence-electron chi connectivity index (χ2n) is 3.03. The highest BCUT2D eigenvalue weighted by atomic mass is 16.4.